The van der Waals surface area contributed by atoms with E-state index in [1.807, 2.05) is 6.07 Å². The molecule has 0 radical (unpaired) electrons. The van der Waals surface area contributed by atoms with Crippen molar-refractivity contribution in [3.05, 3.63) is 11.9 Å². The summed E-state index contributed by atoms with van der Waals surface area (Å²) in [7, 11) is 2.20. The molecule has 1 saturated heterocycles. The first-order chi connectivity index (χ1) is 10.1. The normalized spacial score (nSPS) is 17.2. The quantitative estimate of drug-likeness (QED) is 0.844. The Balaban J connectivity index is 1.98. The highest BCUT2D eigenvalue weighted by atomic mass is 15.1. The number of nitrogens with one attached hydrogen (secondary N) is 2. The van der Waals surface area contributed by atoms with Crippen molar-refractivity contribution in [1.29, 1.82) is 0 Å². The van der Waals surface area contributed by atoms with Gasteiger partial charge in [-0.2, -0.15) is 0 Å². The zero-order valence-corrected chi connectivity index (χ0v) is 13.8. The van der Waals surface area contributed by atoms with Crippen LogP contribution in [0, 0.1) is 5.92 Å². The number of hydrogen-bond acceptors (Lipinski definition) is 5. The molecule has 2 N–H and O–H groups in total. The molecule has 1 fully saturated rings. The molecule has 0 amide bonds. The fourth-order valence-corrected chi connectivity index (χ4v) is 2.60. The molecule has 0 aliphatic carbocycles. The maximum absolute atomic E-state index is 4.64. The molecule has 0 bridgehead atoms. The Morgan fingerprint density at radius 2 is 1.81 bits per heavy atom. The first kappa shape index (κ1) is 16.0. The Bertz CT molecular complexity index is 438. The van der Waals surface area contributed by atoms with Gasteiger partial charge in [0.2, 0.25) is 0 Å². The van der Waals surface area contributed by atoms with Crippen molar-refractivity contribution in [1.82, 2.24) is 14.9 Å². The molecule has 1 aromatic heterocycles. The van der Waals surface area contributed by atoms with E-state index in [0.717, 1.165) is 36.5 Å². The lowest BCUT2D eigenvalue weighted by molar-refractivity contribution is 0.226. The van der Waals surface area contributed by atoms with Crippen LogP contribution in [0.1, 0.15) is 45.4 Å². The van der Waals surface area contributed by atoms with Crippen LogP contribution in [0.4, 0.5) is 11.6 Å². The molecule has 5 nitrogen and oxygen atoms in total. The fraction of sp³-hybridized carbons (Fsp3) is 0.750. The zero-order chi connectivity index (χ0) is 15.2. The smallest absolute Gasteiger partial charge is 0.135 e. The third-order valence-corrected chi connectivity index (χ3v) is 4.03. The molecule has 2 rings (SSSR count). The van der Waals surface area contributed by atoms with Crippen LogP contribution in [0.3, 0.4) is 0 Å². The van der Waals surface area contributed by atoms with Crippen LogP contribution in [0.5, 0.6) is 0 Å². The van der Waals surface area contributed by atoms with Gasteiger partial charge >= 0.3 is 0 Å². The van der Waals surface area contributed by atoms with E-state index in [9.17, 15) is 0 Å². The maximum atomic E-state index is 4.64. The predicted octanol–water partition coefficient (Wildman–Crippen LogP) is 2.79. The van der Waals surface area contributed by atoms with Crippen LogP contribution in [-0.2, 0) is 0 Å². The minimum Gasteiger partial charge on any atom is -0.370 e. The number of likely N-dealkylation sites (tertiary alicyclic amines) is 1. The van der Waals surface area contributed by atoms with Crippen LogP contribution >= 0.6 is 0 Å². The van der Waals surface area contributed by atoms with Gasteiger partial charge in [-0.1, -0.05) is 13.8 Å². The summed E-state index contributed by atoms with van der Waals surface area (Å²) in [4.78, 5) is 11.6. The highest BCUT2D eigenvalue weighted by molar-refractivity contribution is 5.47. The highest BCUT2D eigenvalue weighted by Crippen LogP contribution is 2.19. The predicted molar refractivity (Wildman–Crippen MR) is 89.0 cm³/mol. The van der Waals surface area contributed by atoms with Gasteiger partial charge in [0, 0.05) is 25.1 Å². The standard InChI is InChI=1S/C16H29N5/c1-5-17-14-10-15(20-16(19-14)12(2)3)18-11-13-6-8-21(4)9-7-13/h10,12-13H,5-9,11H2,1-4H3,(H2,17,18,19,20). The number of aromatic nitrogens is 2. The summed E-state index contributed by atoms with van der Waals surface area (Å²) >= 11 is 0. The zero-order valence-electron chi connectivity index (χ0n) is 13.8. The lowest BCUT2D eigenvalue weighted by Gasteiger charge is -2.29. The summed E-state index contributed by atoms with van der Waals surface area (Å²) in [6.45, 7) is 10.6. The lowest BCUT2D eigenvalue weighted by atomic mass is 9.97. The van der Waals surface area contributed by atoms with Gasteiger partial charge in [0.15, 0.2) is 0 Å². The van der Waals surface area contributed by atoms with Crippen molar-refractivity contribution >= 4 is 11.6 Å². The van der Waals surface area contributed by atoms with E-state index in [2.05, 4.69) is 53.3 Å². The van der Waals surface area contributed by atoms with Crippen LogP contribution in [0.25, 0.3) is 0 Å². The minimum absolute atomic E-state index is 0.340. The van der Waals surface area contributed by atoms with E-state index >= 15 is 0 Å². The first-order valence-electron chi connectivity index (χ1n) is 8.13. The third-order valence-electron chi connectivity index (χ3n) is 4.03. The van der Waals surface area contributed by atoms with Crippen molar-refractivity contribution in [3.63, 3.8) is 0 Å². The minimum atomic E-state index is 0.340. The van der Waals surface area contributed by atoms with Crippen LogP contribution < -0.4 is 10.6 Å². The second kappa shape index (κ2) is 7.59. The summed E-state index contributed by atoms with van der Waals surface area (Å²) in [5.74, 6) is 3.86. The van der Waals surface area contributed by atoms with Gasteiger partial charge < -0.3 is 15.5 Å². The molecule has 0 unspecified atom stereocenters. The van der Waals surface area contributed by atoms with Gasteiger partial charge in [0.25, 0.3) is 0 Å². The van der Waals surface area contributed by atoms with Gasteiger partial charge in [-0.3, -0.25) is 0 Å². The van der Waals surface area contributed by atoms with Gasteiger partial charge in [0.05, 0.1) is 0 Å². The Hall–Kier alpha value is -1.36. The average molecular weight is 291 g/mol. The van der Waals surface area contributed by atoms with Gasteiger partial charge in [-0.05, 0) is 45.8 Å². The second-order valence-corrected chi connectivity index (χ2v) is 6.31. The van der Waals surface area contributed by atoms with Crippen LogP contribution in [0.2, 0.25) is 0 Å². The number of hydrogen-bond donors (Lipinski definition) is 2. The van der Waals surface area contributed by atoms with Gasteiger partial charge in [-0.15, -0.1) is 0 Å². The number of anilines is 2. The average Bonchev–Trinajstić information content (AvgIpc) is 2.47. The van der Waals surface area contributed by atoms with E-state index in [0.29, 0.717) is 5.92 Å². The Morgan fingerprint density at radius 3 is 2.38 bits per heavy atom. The molecule has 0 saturated carbocycles. The van der Waals surface area contributed by atoms with Crippen molar-refractivity contribution in [2.75, 3.05) is 43.9 Å². The van der Waals surface area contributed by atoms with Gasteiger partial charge in [0.1, 0.15) is 17.5 Å². The summed E-state index contributed by atoms with van der Waals surface area (Å²) in [5, 5.41) is 6.80. The Kier molecular flexibility index (Phi) is 5.79. The summed E-state index contributed by atoms with van der Waals surface area (Å²) < 4.78 is 0. The largest absolute Gasteiger partial charge is 0.370 e. The van der Waals surface area contributed by atoms with E-state index in [4.69, 9.17) is 0 Å². The molecule has 0 spiro atoms. The molecule has 2 heterocycles. The fourth-order valence-electron chi connectivity index (χ4n) is 2.60. The van der Waals surface area contributed by atoms with E-state index < -0.39 is 0 Å². The van der Waals surface area contributed by atoms with Crippen LogP contribution in [0.15, 0.2) is 6.07 Å². The maximum Gasteiger partial charge on any atom is 0.135 e. The third kappa shape index (κ3) is 4.84. The summed E-state index contributed by atoms with van der Waals surface area (Å²) in [6.07, 6.45) is 2.54. The lowest BCUT2D eigenvalue weighted by Crippen LogP contribution is -2.33. The number of rotatable bonds is 6. The summed E-state index contributed by atoms with van der Waals surface area (Å²) in [5.41, 5.74) is 0. The Labute approximate surface area is 128 Å². The molecule has 1 aromatic rings. The van der Waals surface area contributed by atoms with Gasteiger partial charge in [-0.25, -0.2) is 9.97 Å². The molecular formula is C16H29N5. The SMILES string of the molecule is CCNc1cc(NCC2CCN(C)CC2)nc(C(C)C)n1. The molecule has 21 heavy (non-hydrogen) atoms. The number of nitrogens with zero attached hydrogens (tertiary/aromatic N) is 3. The van der Waals surface area contributed by atoms with E-state index in [-0.39, 0.29) is 0 Å². The van der Waals surface area contributed by atoms with Crippen molar-refractivity contribution < 1.29 is 0 Å². The second-order valence-electron chi connectivity index (χ2n) is 6.31. The molecule has 5 heteroatoms. The van der Waals surface area contributed by atoms with E-state index in [1.54, 1.807) is 0 Å². The first-order valence-corrected chi connectivity index (χ1v) is 8.13. The monoisotopic (exact) mass is 291 g/mol. The molecule has 1 aliphatic heterocycles. The molecule has 118 valence electrons. The molecule has 1 aliphatic rings. The van der Waals surface area contributed by atoms with Crippen molar-refractivity contribution in [2.24, 2.45) is 5.92 Å². The highest BCUT2D eigenvalue weighted by Gasteiger charge is 2.16. The van der Waals surface area contributed by atoms with Crippen molar-refractivity contribution in [2.45, 2.75) is 39.5 Å². The summed E-state index contributed by atoms with van der Waals surface area (Å²) in [6, 6.07) is 2.02. The topological polar surface area (TPSA) is 53.1 Å². The van der Waals surface area contributed by atoms with Crippen molar-refractivity contribution in [3.8, 4) is 0 Å². The molecule has 0 atom stereocenters. The Morgan fingerprint density at radius 1 is 1.19 bits per heavy atom. The van der Waals surface area contributed by atoms with Crippen LogP contribution in [-0.4, -0.2) is 48.1 Å². The number of piperidine rings is 1. The molecule has 0 aromatic carbocycles. The van der Waals surface area contributed by atoms with E-state index in [1.165, 1.54) is 25.9 Å². The molecular weight excluding hydrogens is 262 g/mol.